The maximum atomic E-state index is 13.3. The van der Waals surface area contributed by atoms with Crippen molar-refractivity contribution in [1.29, 1.82) is 0 Å². The number of benzene rings is 1. The third-order valence-corrected chi connectivity index (χ3v) is 6.54. The van der Waals surface area contributed by atoms with Crippen molar-refractivity contribution < 1.29 is 4.79 Å². The number of halogens is 1. The summed E-state index contributed by atoms with van der Waals surface area (Å²) in [7, 11) is 0. The minimum Gasteiger partial charge on any atom is -0.333 e. The number of hydrogen-bond acceptors (Lipinski definition) is 3. The molecule has 0 aliphatic heterocycles. The van der Waals surface area contributed by atoms with Gasteiger partial charge in [0.05, 0.1) is 16.3 Å². The number of rotatable bonds is 6. The van der Waals surface area contributed by atoms with Gasteiger partial charge >= 0.3 is 0 Å². The number of amides is 1. The lowest BCUT2D eigenvalue weighted by Gasteiger charge is -2.33. The fraction of sp³-hybridized carbons (Fsp3) is 0.429. The molecule has 2 atom stereocenters. The lowest BCUT2D eigenvalue weighted by Crippen LogP contribution is -2.44. The molecule has 0 bridgehead atoms. The monoisotopic (exact) mass is 403 g/mol. The highest BCUT2D eigenvalue weighted by Crippen LogP contribution is 2.32. The molecule has 3 rings (SSSR count). The van der Waals surface area contributed by atoms with Crippen molar-refractivity contribution in [3.05, 3.63) is 45.9 Å². The van der Waals surface area contributed by atoms with Crippen LogP contribution in [0.2, 0.25) is 5.02 Å². The van der Waals surface area contributed by atoms with Crippen LogP contribution in [0.15, 0.2) is 30.3 Å². The smallest absolute Gasteiger partial charge is 0.264 e. The van der Waals surface area contributed by atoms with Gasteiger partial charge in [0.2, 0.25) is 0 Å². The number of hydrogen-bond donors (Lipinski definition) is 0. The van der Waals surface area contributed by atoms with Crippen molar-refractivity contribution >= 4 is 39.1 Å². The topological polar surface area (TPSA) is 38.1 Å². The van der Waals surface area contributed by atoms with Crippen molar-refractivity contribution in [3.8, 4) is 5.69 Å². The van der Waals surface area contributed by atoms with E-state index in [2.05, 4.69) is 32.8 Å². The minimum atomic E-state index is 0.113. The summed E-state index contributed by atoms with van der Waals surface area (Å²) in [5.41, 5.74) is 1.87. The van der Waals surface area contributed by atoms with E-state index < -0.39 is 0 Å². The third-order valence-electron chi connectivity index (χ3n) is 5.19. The molecule has 0 saturated heterocycles. The van der Waals surface area contributed by atoms with Crippen LogP contribution in [0.25, 0.3) is 15.9 Å². The fourth-order valence-electron chi connectivity index (χ4n) is 3.27. The number of thiophene rings is 1. The third kappa shape index (κ3) is 3.76. The maximum Gasteiger partial charge on any atom is 0.264 e. The molecule has 3 aromatic rings. The number of carbonyl (C=O) groups is 1. The number of nitrogens with zero attached hydrogens (tertiary/aromatic N) is 3. The molecule has 0 aliphatic carbocycles. The molecule has 0 spiro atoms. The van der Waals surface area contributed by atoms with Crippen LogP contribution in [-0.2, 0) is 0 Å². The van der Waals surface area contributed by atoms with Gasteiger partial charge in [0.25, 0.3) is 5.91 Å². The molecular formula is C21H26ClN3OS. The molecular weight excluding hydrogens is 378 g/mol. The quantitative estimate of drug-likeness (QED) is 0.499. The van der Waals surface area contributed by atoms with Crippen molar-refractivity contribution in [2.75, 3.05) is 0 Å². The first kappa shape index (κ1) is 19.9. The van der Waals surface area contributed by atoms with Gasteiger partial charge in [0.1, 0.15) is 4.83 Å². The van der Waals surface area contributed by atoms with Crippen molar-refractivity contribution in [3.63, 3.8) is 0 Å². The Labute approximate surface area is 169 Å². The van der Waals surface area contributed by atoms with Crippen molar-refractivity contribution in [2.45, 2.75) is 59.5 Å². The summed E-state index contributed by atoms with van der Waals surface area (Å²) in [6.45, 7) is 10.5. The molecule has 1 amide bonds. The first-order chi connectivity index (χ1) is 12.9. The number of fused-ring (bicyclic) bond motifs is 1. The highest BCUT2D eigenvalue weighted by Gasteiger charge is 2.27. The molecule has 0 N–H and O–H groups in total. The van der Waals surface area contributed by atoms with E-state index in [1.807, 2.05) is 46.8 Å². The Bertz CT molecular complexity index is 934. The Hall–Kier alpha value is -1.85. The molecule has 2 aromatic heterocycles. The van der Waals surface area contributed by atoms with Crippen LogP contribution in [0.3, 0.4) is 0 Å². The zero-order valence-corrected chi connectivity index (χ0v) is 18.1. The van der Waals surface area contributed by atoms with Gasteiger partial charge in [-0.3, -0.25) is 4.79 Å². The summed E-state index contributed by atoms with van der Waals surface area (Å²) in [4.78, 5) is 17.1. The van der Waals surface area contributed by atoms with Crippen molar-refractivity contribution in [2.24, 2.45) is 0 Å². The van der Waals surface area contributed by atoms with Gasteiger partial charge in [0.15, 0.2) is 0 Å². The molecule has 4 nitrogen and oxygen atoms in total. The summed E-state index contributed by atoms with van der Waals surface area (Å²) >= 11 is 7.52. The largest absolute Gasteiger partial charge is 0.333 e. The van der Waals surface area contributed by atoms with E-state index in [4.69, 9.17) is 11.6 Å². The SMILES string of the molecule is CCC(C)N(C(=O)c1cc2c(C)nn(-c3ccc(Cl)cc3)c2s1)C(C)CC. The van der Waals surface area contributed by atoms with Crippen LogP contribution in [-0.4, -0.2) is 32.7 Å². The lowest BCUT2D eigenvalue weighted by atomic mass is 10.1. The number of carbonyl (C=O) groups excluding carboxylic acids is 1. The molecule has 0 radical (unpaired) electrons. The summed E-state index contributed by atoms with van der Waals surface area (Å²) in [6.07, 6.45) is 1.89. The Morgan fingerprint density at radius 1 is 1.19 bits per heavy atom. The van der Waals surface area contributed by atoms with Gasteiger partial charge in [-0.25, -0.2) is 4.68 Å². The molecule has 2 unspecified atom stereocenters. The Morgan fingerprint density at radius 2 is 1.78 bits per heavy atom. The molecule has 0 fully saturated rings. The average Bonchev–Trinajstić information content (AvgIpc) is 3.23. The van der Waals surface area contributed by atoms with Gasteiger partial charge in [-0.2, -0.15) is 5.10 Å². The molecule has 144 valence electrons. The van der Waals surface area contributed by atoms with E-state index in [1.54, 1.807) is 0 Å². The summed E-state index contributed by atoms with van der Waals surface area (Å²) in [6, 6.07) is 10.0. The van der Waals surface area contributed by atoms with E-state index >= 15 is 0 Å². The van der Waals surface area contributed by atoms with Crippen LogP contribution < -0.4 is 0 Å². The molecule has 6 heteroatoms. The zero-order valence-electron chi connectivity index (χ0n) is 16.5. The Morgan fingerprint density at radius 3 is 2.33 bits per heavy atom. The molecule has 27 heavy (non-hydrogen) atoms. The van der Waals surface area contributed by atoms with E-state index in [9.17, 15) is 4.79 Å². The van der Waals surface area contributed by atoms with E-state index in [0.29, 0.717) is 5.02 Å². The number of aromatic nitrogens is 2. The van der Waals surface area contributed by atoms with Crippen LogP contribution in [0.1, 0.15) is 55.9 Å². The molecule has 0 saturated carbocycles. The maximum absolute atomic E-state index is 13.3. The molecule has 2 heterocycles. The van der Waals surface area contributed by atoms with Gasteiger partial charge in [-0.05, 0) is 63.9 Å². The average molecular weight is 404 g/mol. The summed E-state index contributed by atoms with van der Waals surface area (Å²) in [5.74, 6) is 0.113. The second-order valence-corrected chi connectivity index (χ2v) is 8.50. The van der Waals surface area contributed by atoms with Gasteiger partial charge < -0.3 is 4.90 Å². The van der Waals surface area contributed by atoms with Crippen molar-refractivity contribution in [1.82, 2.24) is 14.7 Å². The Kier molecular flexibility index (Phi) is 5.92. The van der Waals surface area contributed by atoms with Gasteiger partial charge in [-0.15, -0.1) is 11.3 Å². The molecule has 1 aromatic carbocycles. The van der Waals surface area contributed by atoms with Gasteiger partial charge in [-0.1, -0.05) is 25.4 Å². The first-order valence-corrected chi connectivity index (χ1v) is 10.6. The fourth-order valence-corrected chi connectivity index (χ4v) is 4.52. The second-order valence-electron chi connectivity index (χ2n) is 7.03. The molecule has 0 aliphatic rings. The van der Waals surface area contributed by atoms with Gasteiger partial charge in [0, 0.05) is 22.5 Å². The first-order valence-electron chi connectivity index (χ1n) is 9.45. The van der Waals surface area contributed by atoms with E-state index in [1.165, 1.54) is 11.3 Å². The number of aryl methyl sites for hydroxylation is 1. The highest BCUT2D eigenvalue weighted by molar-refractivity contribution is 7.20. The van der Waals surface area contributed by atoms with Crippen LogP contribution in [0.5, 0.6) is 0 Å². The normalized spacial score (nSPS) is 13.7. The lowest BCUT2D eigenvalue weighted by molar-refractivity contribution is 0.0603. The van der Waals surface area contributed by atoms with Crippen LogP contribution in [0.4, 0.5) is 0 Å². The standard InChI is InChI=1S/C21H26ClN3OS/c1-6-13(3)24(14(4)7-2)20(26)19-12-18-15(5)23-25(21(18)27-19)17-10-8-16(22)9-11-17/h8-14H,6-7H2,1-5H3. The van der Waals surface area contributed by atoms with Crippen LogP contribution in [0, 0.1) is 6.92 Å². The van der Waals surface area contributed by atoms with Crippen LogP contribution >= 0.6 is 22.9 Å². The zero-order chi connectivity index (χ0) is 19.7. The minimum absolute atomic E-state index is 0.113. The Balaban J connectivity index is 2.05. The summed E-state index contributed by atoms with van der Waals surface area (Å²) in [5, 5.41) is 6.38. The second kappa shape index (κ2) is 8.03. The summed E-state index contributed by atoms with van der Waals surface area (Å²) < 4.78 is 1.90. The highest BCUT2D eigenvalue weighted by atomic mass is 35.5. The predicted octanol–water partition coefficient (Wildman–Crippen LogP) is 6.09. The predicted molar refractivity (Wildman–Crippen MR) is 114 cm³/mol. The van der Waals surface area contributed by atoms with E-state index in [0.717, 1.165) is 39.3 Å². The van der Waals surface area contributed by atoms with E-state index in [-0.39, 0.29) is 18.0 Å².